The predicted molar refractivity (Wildman–Crippen MR) is 144 cm³/mol. The topological polar surface area (TPSA) is 95.7 Å². The molecule has 0 aromatic carbocycles. The van der Waals surface area contributed by atoms with E-state index in [4.69, 9.17) is 5.73 Å². The minimum absolute atomic E-state index is 0.0386. The van der Waals surface area contributed by atoms with Gasteiger partial charge in [0.1, 0.15) is 5.78 Å². The standard InChI is InChI=1S/C30H53N3O3/c1-17(2)27(36)32-25-12-9-19-13-20-22(11-10-21(19)28(25,4)16-31)29(5)15-24(35)26(18(3)33(7)8)30(29,6)14-23(20)34/h17-22,24-26,35H,9-16,31H2,1-8H3,(H,32,36)/t18-,19-,20+,21+,22+,24+,25-,26-,28-,29-,30+/m0/s1. The van der Waals surface area contributed by atoms with Crippen LogP contribution in [-0.4, -0.2) is 60.5 Å². The van der Waals surface area contributed by atoms with Crippen LogP contribution in [0.2, 0.25) is 0 Å². The van der Waals surface area contributed by atoms with E-state index in [1.807, 2.05) is 13.8 Å². The molecule has 0 bridgehead atoms. The number of aliphatic hydroxyl groups excluding tert-OH is 1. The number of hydrogen-bond donors (Lipinski definition) is 3. The van der Waals surface area contributed by atoms with Crippen molar-refractivity contribution in [2.45, 2.75) is 105 Å². The van der Waals surface area contributed by atoms with E-state index in [2.05, 4.69) is 52.0 Å². The molecule has 11 atom stereocenters. The van der Waals surface area contributed by atoms with Gasteiger partial charge in [0.25, 0.3) is 0 Å². The highest BCUT2D eigenvalue weighted by atomic mass is 16.3. The Morgan fingerprint density at radius 2 is 1.72 bits per heavy atom. The van der Waals surface area contributed by atoms with Gasteiger partial charge >= 0.3 is 0 Å². The number of nitrogens with two attached hydrogens (primary N) is 1. The molecule has 0 saturated heterocycles. The van der Waals surface area contributed by atoms with E-state index in [0.717, 1.165) is 38.5 Å². The molecule has 4 aliphatic rings. The monoisotopic (exact) mass is 503 g/mol. The second-order valence-electron chi connectivity index (χ2n) is 14.4. The summed E-state index contributed by atoms with van der Waals surface area (Å²) in [6.07, 6.45) is 6.01. The van der Waals surface area contributed by atoms with Crippen molar-refractivity contribution < 1.29 is 14.7 Å². The highest BCUT2D eigenvalue weighted by molar-refractivity contribution is 5.83. The number of aliphatic hydroxyl groups is 1. The van der Waals surface area contributed by atoms with Gasteiger partial charge in [0.15, 0.2) is 0 Å². The fourth-order valence-corrected chi connectivity index (χ4v) is 9.76. The molecule has 206 valence electrons. The Balaban J connectivity index is 1.65. The van der Waals surface area contributed by atoms with E-state index in [1.165, 1.54) is 0 Å². The SMILES string of the molecule is CC(C)C(=O)N[C@H]1CC[C@H]2C[C@H]3C(=O)C[C@]4(C)[C@@H]([C@H](C)N(C)C)[C@H](O)C[C@@]4(C)[C@@H]3CC[C@H]2[C@]1(C)CN. The first-order valence-electron chi connectivity index (χ1n) is 14.6. The van der Waals surface area contributed by atoms with Crippen molar-refractivity contribution in [3.63, 3.8) is 0 Å². The van der Waals surface area contributed by atoms with E-state index < -0.39 is 0 Å². The Morgan fingerprint density at radius 1 is 1.08 bits per heavy atom. The molecule has 4 aliphatic carbocycles. The first-order chi connectivity index (χ1) is 16.7. The first kappa shape index (κ1) is 28.0. The third-order valence-electron chi connectivity index (χ3n) is 12.3. The summed E-state index contributed by atoms with van der Waals surface area (Å²) in [5.74, 6) is 1.86. The summed E-state index contributed by atoms with van der Waals surface area (Å²) in [7, 11) is 4.17. The third-order valence-corrected chi connectivity index (χ3v) is 12.3. The molecule has 6 nitrogen and oxygen atoms in total. The molecule has 4 N–H and O–H groups in total. The zero-order chi connectivity index (χ0) is 26.8. The molecule has 6 heteroatoms. The Bertz CT molecular complexity index is 860. The number of ketones is 1. The molecule has 0 aromatic rings. The van der Waals surface area contributed by atoms with Gasteiger partial charge in [0.2, 0.25) is 5.91 Å². The van der Waals surface area contributed by atoms with Gasteiger partial charge in [-0.05, 0) is 94.7 Å². The van der Waals surface area contributed by atoms with E-state index >= 15 is 0 Å². The van der Waals surface area contributed by atoms with E-state index in [1.54, 1.807) is 0 Å². The van der Waals surface area contributed by atoms with Crippen LogP contribution < -0.4 is 11.1 Å². The summed E-state index contributed by atoms with van der Waals surface area (Å²) in [4.78, 5) is 28.8. The molecule has 0 aromatic heterocycles. The van der Waals surface area contributed by atoms with Crippen molar-refractivity contribution in [3.05, 3.63) is 0 Å². The van der Waals surface area contributed by atoms with E-state index in [9.17, 15) is 14.7 Å². The quantitative estimate of drug-likeness (QED) is 0.530. The van der Waals surface area contributed by atoms with Crippen molar-refractivity contribution in [1.29, 1.82) is 0 Å². The number of nitrogens with one attached hydrogen (secondary N) is 1. The Hall–Kier alpha value is -0.980. The minimum atomic E-state index is -0.376. The molecule has 4 rings (SSSR count). The molecule has 0 radical (unpaired) electrons. The summed E-state index contributed by atoms with van der Waals surface area (Å²) in [6, 6.07) is 0.310. The lowest BCUT2D eigenvalue weighted by atomic mass is 9.48. The van der Waals surface area contributed by atoms with Gasteiger partial charge in [0, 0.05) is 41.7 Å². The number of Topliss-reactive ketones (excluding diaryl/α,β-unsaturated/α-hetero) is 1. The molecule has 0 spiro atoms. The van der Waals surface area contributed by atoms with Gasteiger partial charge in [-0.1, -0.05) is 34.6 Å². The maximum absolute atomic E-state index is 13.9. The molecule has 1 amide bonds. The Labute approximate surface area is 219 Å². The third kappa shape index (κ3) is 4.09. The van der Waals surface area contributed by atoms with Crippen LogP contribution in [0.3, 0.4) is 0 Å². The van der Waals surface area contributed by atoms with Crippen LogP contribution in [0.15, 0.2) is 0 Å². The highest BCUT2D eigenvalue weighted by Crippen LogP contribution is 2.69. The minimum Gasteiger partial charge on any atom is -0.393 e. The van der Waals surface area contributed by atoms with Crippen molar-refractivity contribution >= 4 is 11.7 Å². The maximum Gasteiger partial charge on any atom is 0.222 e. The summed E-state index contributed by atoms with van der Waals surface area (Å²) in [6.45, 7) is 13.6. The van der Waals surface area contributed by atoms with Gasteiger partial charge in [0.05, 0.1) is 6.10 Å². The maximum atomic E-state index is 13.9. The van der Waals surface area contributed by atoms with E-state index in [0.29, 0.717) is 36.5 Å². The lowest BCUT2D eigenvalue weighted by molar-refractivity contribution is -0.148. The van der Waals surface area contributed by atoms with Crippen LogP contribution in [0.1, 0.15) is 86.5 Å². The zero-order valence-corrected chi connectivity index (χ0v) is 24.1. The van der Waals surface area contributed by atoms with Crippen molar-refractivity contribution in [1.82, 2.24) is 10.2 Å². The number of carbonyl (C=O) groups is 2. The predicted octanol–water partition coefficient (Wildman–Crippen LogP) is 3.85. The molecule has 4 fully saturated rings. The number of nitrogens with zero attached hydrogens (tertiary/aromatic N) is 1. The Kier molecular flexibility index (Phi) is 7.51. The molecular weight excluding hydrogens is 450 g/mol. The summed E-state index contributed by atoms with van der Waals surface area (Å²) >= 11 is 0. The van der Waals surface area contributed by atoms with E-state index in [-0.39, 0.29) is 58.1 Å². The number of carbonyl (C=O) groups excluding carboxylic acids is 2. The normalized spacial score (nSPS) is 47.7. The summed E-state index contributed by atoms with van der Waals surface area (Å²) in [5, 5.41) is 14.8. The van der Waals surface area contributed by atoms with Gasteiger partial charge in [-0.15, -0.1) is 0 Å². The fraction of sp³-hybridized carbons (Fsp3) is 0.933. The lowest BCUT2D eigenvalue weighted by Gasteiger charge is -2.56. The Morgan fingerprint density at radius 3 is 2.31 bits per heavy atom. The smallest absolute Gasteiger partial charge is 0.222 e. The number of fused-ring (bicyclic) bond motifs is 4. The average molecular weight is 504 g/mol. The van der Waals surface area contributed by atoms with Crippen LogP contribution in [0.4, 0.5) is 0 Å². The van der Waals surface area contributed by atoms with Crippen molar-refractivity contribution in [3.8, 4) is 0 Å². The highest BCUT2D eigenvalue weighted by Gasteiger charge is 2.68. The summed E-state index contributed by atoms with van der Waals surface area (Å²) in [5.41, 5.74) is 6.07. The van der Waals surface area contributed by atoms with Crippen LogP contribution in [0.25, 0.3) is 0 Å². The van der Waals surface area contributed by atoms with Gasteiger partial charge in [-0.2, -0.15) is 0 Å². The van der Waals surface area contributed by atoms with Gasteiger partial charge in [-0.25, -0.2) is 0 Å². The fourth-order valence-electron chi connectivity index (χ4n) is 9.76. The van der Waals surface area contributed by atoms with Crippen molar-refractivity contribution in [2.75, 3.05) is 20.6 Å². The van der Waals surface area contributed by atoms with Gasteiger partial charge < -0.3 is 21.1 Å². The molecular formula is C30H53N3O3. The van der Waals surface area contributed by atoms with Crippen LogP contribution in [0.5, 0.6) is 0 Å². The molecule has 4 saturated carbocycles. The summed E-state index contributed by atoms with van der Waals surface area (Å²) < 4.78 is 0. The number of amides is 1. The second kappa shape index (κ2) is 9.64. The number of rotatable bonds is 5. The average Bonchev–Trinajstić information content (AvgIpc) is 2.92. The number of hydrogen-bond acceptors (Lipinski definition) is 5. The van der Waals surface area contributed by atoms with Crippen LogP contribution in [0, 0.1) is 51.8 Å². The molecule has 0 unspecified atom stereocenters. The first-order valence-corrected chi connectivity index (χ1v) is 14.6. The zero-order valence-electron chi connectivity index (χ0n) is 24.1. The largest absolute Gasteiger partial charge is 0.393 e. The van der Waals surface area contributed by atoms with Crippen LogP contribution in [-0.2, 0) is 9.59 Å². The second-order valence-corrected chi connectivity index (χ2v) is 14.4. The lowest BCUT2D eigenvalue weighted by Crippen LogP contribution is -2.58. The van der Waals surface area contributed by atoms with Gasteiger partial charge in [-0.3, -0.25) is 9.59 Å². The molecule has 0 heterocycles. The molecule has 36 heavy (non-hydrogen) atoms. The van der Waals surface area contributed by atoms with Crippen LogP contribution >= 0.6 is 0 Å². The van der Waals surface area contributed by atoms with Crippen molar-refractivity contribution in [2.24, 2.45) is 57.5 Å². The molecule has 0 aliphatic heterocycles.